The Bertz CT molecular complexity index is 1170. The molecule has 1 N–H and O–H groups in total. The van der Waals surface area contributed by atoms with Gasteiger partial charge in [-0.3, -0.25) is 4.79 Å². The van der Waals surface area contributed by atoms with Crippen molar-refractivity contribution in [3.63, 3.8) is 0 Å². The van der Waals surface area contributed by atoms with Gasteiger partial charge < -0.3 is 23.9 Å². The Morgan fingerprint density at radius 2 is 1.64 bits per heavy atom. The van der Waals surface area contributed by atoms with Crippen LogP contribution < -0.4 is 24.4 Å². The van der Waals surface area contributed by atoms with Crippen LogP contribution in [0.1, 0.15) is 25.4 Å². The van der Waals surface area contributed by atoms with E-state index < -0.39 is 0 Å². The van der Waals surface area contributed by atoms with Crippen LogP contribution in [0.4, 0.5) is 5.69 Å². The third-order valence-electron chi connectivity index (χ3n) is 4.77. The first kappa shape index (κ1) is 22.4. The normalized spacial score (nSPS) is 14.5. The SMILES string of the molecule is CCOc1ccc(OCc2ccc(/C=C3/NC(=S)N(c4ccccc4OCC)C3=O)o2)cc1. The molecule has 8 heteroatoms. The highest BCUT2D eigenvalue weighted by Crippen LogP contribution is 2.31. The third-order valence-corrected chi connectivity index (χ3v) is 5.05. The molecule has 0 bridgehead atoms. The first-order chi connectivity index (χ1) is 16.1. The first-order valence-electron chi connectivity index (χ1n) is 10.6. The van der Waals surface area contributed by atoms with Gasteiger partial charge in [-0.25, -0.2) is 4.90 Å². The summed E-state index contributed by atoms with van der Waals surface area (Å²) in [5.41, 5.74) is 0.911. The van der Waals surface area contributed by atoms with Crippen molar-refractivity contribution >= 4 is 35.0 Å². The fraction of sp³-hybridized carbons (Fsp3) is 0.200. The highest BCUT2D eigenvalue weighted by atomic mass is 32.1. The predicted octanol–water partition coefficient (Wildman–Crippen LogP) is 4.92. The Kier molecular flexibility index (Phi) is 6.95. The molecule has 3 aromatic rings. The molecule has 1 amide bonds. The molecule has 1 aromatic heterocycles. The lowest BCUT2D eigenvalue weighted by atomic mass is 10.2. The van der Waals surface area contributed by atoms with E-state index in [1.807, 2.05) is 50.2 Å². The number of rotatable bonds is 9. The van der Waals surface area contributed by atoms with Gasteiger partial charge in [0.25, 0.3) is 5.91 Å². The molecular formula is C25H24N2O5S. The van der Waals surface area contributed by atoms with Crippen LogP contribution in [-0.2, 0) is 11.4 Å². The van der Waals surface area contributed by atoms with Crippen LogP contribution in [0.3, 0.4) is 0 Å². The zero-order valence-electron chi connectivity index (χ0n) is 18.4. The maximum atomic E-state index is 13.0. The summed E-state index contributed by atoms with van der Waals surface area (Å²) in [5.74, 6) is 2.94. The van der Waals surface area contributed by atoms with Gasteiger partial charge in [-0.2, -0.15) is 0 Å². The maximum absolute atomic E-state index is 13.0. The molecule has 0 aliphatic carbocycles. The van der Waals surface area contributed by atoms with Crippen molar-refractivity contribution < 1.29 is 23.4 Å². The van der Waals surface area contributed by atoms with Crippen molar-refractivity contribution in [3.05, 3.63) is 77.9 Å². The molecule has 7 nitrogen and oxygen atoms in total. The van der Waals surface area contributed by atoms with Gasteiger partial charge in [-0.15, -0.1) is 0 Å². The van der Waals surface area contributed by atoms with Gasteiger partial charge in [0.2, 0.25) is 0 Å². The number of furan rings is 1. The largest absolute Gasteiger partial charge is 0.494 e. The fourth-order valence-corrected chi connectivity index (χ4v) is 3.61. The molecule has 0 unspecified atom stereocenters. The average molecular weight is 465 g/mol. The van der Waals surface area contributed by atoms with Gasteiger partial charge in [0.05, 0.1) is 18.9 Å². The minimum absolute atomic E-state index is 0.255. The smallest absolute Gasteiger partial charge is 0.281 e. The number of carbonyl (C=O) groups is 1. The van der Waals surface area contributed by atoms with Crippen LogP contribution in [0, 0.1) is 0 Å². The van der Waals surface area contributed by atoms with E-state index in [9.17, 15) is 4.79 Å². The van der Waals surface area contributed by atoms with Gasteiger partial charge in [0.15, 0.2) is 5.11 Å². The summed E-state index contributed by atoms with van der Waals surface area (Å²) in [6, 6.07) is 18.3. The number of benzene rings is 2. The number of nitrogens with one attached hydrogen (secondary N) is 1. The van der Waals surface area contributed by atoms with E-state index in [0.29, 0.717) is 47.6 Å². The van der Waals surface area contributed by atoms with Gasteiger partial charge in [0, 0.05) is 6.08 Å². The highest BCUT2D eigenvalue weighted by Gasteiger charge is 2.34. The van der Waals surface area contributed by atoms with Crippen LogP contribution in [0.15, 0.2) is 70.8 Å². The zero-order chi connectivity index (χ0) is 23.2. The van der Waals surface area contributed by atoms with E-state index in [4.69, 9.17) is 30.8 Å². The second-order valence-electron chi connectivity index (χ2n) is 7.03. The fourth-order valence-electron chi connectivity index (χ4n) is 3.32. The van der Waals surface area contributed by atoms with Crippen LogP contribution in [0.25, 0.3) is 6.08 Å². The predicted molar refractivity (Wildman–Crippen MR) is 129 cm³/mol. The first-order valence-corrected chi connectivity index (χ1v) is 11.0. The number of carbonyl (C=O) groups excluding carboxylic acids is 1. The van der Waals surface area contributed by atoms with Gasteiger partial charge >= 0.3 is 0 Å². The molecule has 1 aliphatic heterocycles. The lowest BCUT2D eigenvalue weighted by Gasteiger charge is -2.17. The number of thiocarbonyl (C=S) groups is 1. The second-order valence-corrected chi connectivity index (χ2v) is 7.41. The summed E-state index contributed by atoms with van der Waals surface area (Å²) in [7, 11) is 0. The quantitative estimate of drug-likeness (QED) is 0.356. The van der Waals surface area contributed by atoms with Crippen molar-refractivity contribution in [2.75, 3.05) is 18.1 Å². The van der Waals surface area contributed by atoms with E-state index >= 15 is 0 Å². The number of anilines is 1. The number of nitrogens with zero attached hydrogens (tertiary/aromatic N) is 1. The monoisotopic (exact) mass is 464 g/mol. The molecule has 1 aliphatic rings. The van der Waals surface area contributed by atoms with E-state index in [2.05, 4.69) is 5.32 Å². The molecular weight excluding hydrogens is 440 g/mol. The van der Waals surface area contributed by atoms with Crippen molar-refractivity contribution in [2.45, 2.75) is 20.5 Å². The molecule has 0 atom stereocenters. The Hall–Kier alpha value is -3.78. The summed E-state index contributed by atoms with van der Waals surface area (Å²) in [6.45, 7) is 5.18. The van der Waals surface area contributed by atoms with Gasteiger partial charge in [-0.05, 0) is 74.6 Å². The number of para-hydroxylation sites is 2. The van der Waals surface area contributed by atoms with E-state index in [0.717, 1.165) is 5.75 Å². The number of ether oxygens (including phenoxy) is 3. The summed E-state index contributed by atoms with van der Waals surface area (Å²) in [6.07, 6.45) is 1.62. The van der Waals surface area contributed by atoms with Crippen LogP contribution >= 0.6 is 12.2 Å². The highest BCUT2D eigenvalue weighted by molar-refractivity contribution is 7.80. The molecule has 1 fully saturated rings. The van der Waals surface area contributed by atoms with Crippen LogP contribution in [0.2, 0.25) is 0 Å². The number of hydrogen-bond donors (Lipinski definition) is 1. The maximum Gasteiger partial charge on any atom is 0.281 e. The number of amides is 1. The molecule has 0 radical (unpaired) electrons. The molecule has 33 heavy (non-hydrogen) atoms. The Labute approximate surface area is 197 Å². The van der Waals surface area contributed by atoms with E-state index in [1.54, 1.807) is 30.3 Å². The molecule has 2 aromatic carbocycles. The summed E-state index contributed by atoms with van der Waals surface area (Å²) < 4.78 is 22.6. The molecule has 2 heterocycles. The topological polar surface area (TPSA) is 73.2 Å². The minimum Gasteiger partial charge on any atom is -0.494 e. The molecule has 0 spiro atoms. The summed E-state index contributed by atoms with van der Waals surface area (Å²) >= 11 is 5.40. The second kappa shape index (κ2) is 10.2. The van der Waals surface area contributed by atoms with Gasteiger partial charge in [-0.1, -0.05) is 12.1 Å². The molecule has 1 saturated heterocycles. The third kappa shape index (κ3) is 5.18. The Morgan fingerprint density at radius 3 is 2.36 bits per heavy atom. The van der Waals surface area contributed by atoms with Crippen LogP contribution in [0.5, 0.6) is 17.2 Å². The zero-order valence-corrected chi connectivity index (χ0v) is 19.2. The number of hydrogen-bond acceptors (Lipinski definition) is 6. The van der Waals surface area contributed by atoms with Crippen molar-refractivity contribution in [1.29, 1.82) is 0 Å². The van der Waals surface area contributed by atoms with Crippen molar-refractivity contribution in [1.82, 2.24) is 5.32 Å². The average Bonchev–Trinajstić information content (AvgIpc) is 3.38. The van der Waals surface area contributed by atoms with Crippen molar-refractivity contribution in [3.8, 4) is 17.2 Å². The van der Waals surface area contributed by atoms with E-state index in [-0.39, 0.29) is 17.6 Å². The molecule has 0 saturated carbocycles. The minimum atomic E-state index is -0.282. The van der Waals surface area contributed by atoms with Crippen LogP contribution in [-0.4, -0.2) is 24.2 Å². The summed E-state index contributed by atoms with van der Waals surface area (Å²) in [4.78, 5) is 14.5. The standard InChI is InChI=1S/C25H24N2O5S/c1-3-29-17-9-11-18(12-10-17)31-16-20-14-13-19(32-20)15-21-24(28)27(25(33)26-21)22-7-5-6-8-23(22)30-4-2/h5-15H,3-4,16H2,1-2H3,(H,26,33)/b21-15+. The lowest BCUT2D eigenvalue weighted by Crippen LogP contribution is -2.30. The van der Waals surface area contributed by atoms with Gasteiger partial charge in [0.1, 0.15) is 41.1 Å². The van der Waals surface area contributed by atoms with E-state index in [1.165, 1.54) is 4.90 Å². The summed E-state index contributed by atoms with van der Waals surface area (Å²) in [5, 5.41) is 3.24. The molecule has 4 rings (SSSR count). The lowest BCUT2D eigenvalue weighted by molar-refractivity contribution is -0.113. The Balaban J connectivity index is 1.44. The Morgan fingerprint density at radius 1 is 0.939 bits per heavy atom. The van der Waals surface area contributed by atoms with Crippen molar-refractivity contribution in [2.24, 2.45) is 0 Å². The molecule has 170 valence electrons.